The zero-order valence-corrected chi connectivity index (χ0v) is 14.5. The molecule has 0 bridgehead atoms. The molecule has 2 rings (SSSR count). The van der Waals surface area contributed by atoms with E-state index in [1.54, 1.807) is 0 Å². The lowest BCUT2D eigenvalue weighted by atomic mass is 9.86. The molecule has 2 nitrogen and oxygen atoms in total. The van der Waals surface area contributed by atoms with Gasteiger partial charge in [0.2, 0.25) is 0 Å². The molecule has 0 aliphatic carbocycles. The average molecular weight is 288 g/mol. The van der Waals surface area contributed by atoms with E-state index in [9.17, 15) is 0 Å². The minimum Gasteiger partial charge on any atom is -0.311 e. The summed E-state index contributed by atoms with van der Waals surface area (Å²) in [5, 5.41) is 3.76. The van der Waals surface area contributed by atoms with Crippen LogP contribution in [-0.2, 0) is 6.54 Å². The fourth-order valence-electron chi connectivity index (χ4n) is 3.80. The van der Waals surface area contributed by atoms with Crippen LogP contribution in [0.4, 0.5) is 0 Å². The molecule has 118 valence electrons. The lowest BCUT2D eigenvalue weighted by Gasteiger charge is -2.50. The molecular formula is C19H32N2. The Morgan fingerprint density at radius 3 is 2.24 bits per heavy atom. The molecule has 1 unspecified atom stereocenters. The Bertz CT molecular complexity index is 442. The molecule has 1 aliphatic rings. The maximum atomic E-state index is 3.76. The lowest BCUT2D eigenvalue weighted by Crippen LogP contribution is -2.63. The van der Waals surface area contributed by atoms with Crippen LogP contribution in [0.2, 0.25) is 0 Å². The zero-order chi connectivity index (χ0) is 15.5. The fourth-order valence-corrected chi connectivity index (χ4v) is 3.80. The Morgan fingerprint density at radius 1 is 1.10 bits per heavy atom. The molecule has 0 aromatic heterocycles. The van der Waals surface area contributed by atoms with Gasteiger partial charge in [-0.2, -0.15) is 0 Å². The summed E-state index contributed by atoms with van der Waals surface area (Å²) in [6.07, 6.45) is 3.66. The summed E-state index contributed by atoms with van der Waals surface area (Å²) in [6.45, 7) is 14.8. The van der Waals surface area contributed by atoms with Crippen LogP contribution in [0.1, 0.15) is 56.7 Å². The van der Waals surface area contributed by atoms with Gasteiger partial charge in [-0.25, -0.2) is 0 Å². The number of hydrogen-bond donors (Lipinski definition) is 1. The first kappa shape index (κ1) is 16.5. The number of aryl methyl sites for hydroxylation is 2. The predicted octanol–water partition coefficient (Wildman–Crippen LogP) is 4.05. The van der Waals surface area contributed by atoms with Crippen LogP contribution < -0.4 is 5.32 Å². The summed E-state index contributed by atoms with van der Waals surface area (Å²) in [5.41, 5.74) is 4.55. The third-order valence-corrected chi connectivity index (χ3v) is 5.30. The highest BCUT2D eigenvalue weighted by Gasteiger charge is 2.38. The lowest BCUT2D eigenvalue weighted by molar-refractivity contribution is 0.0238. The third kappa shape index (κ3) is 3.67. The van der Waals surface area contributed by atoms with Crippen molar-refractivity contribution in [3.8, 4) is 0 Å². The second-order valence-electron chi connectivity index (χ2n) is 6.79. The fraction of sp³-hybridized carbons (Fsp3) is 0.684. The first-order valence-corrected chi connectivity index (χ1v) is 8.58. The summed E-state index contributed by atoms with van der Waals surface area (Å²) in [7, 11) is 0. The van der Waals surface area contributed by atoms with E-state index in [4.69, 9.17) is 0 Å². The van der Waals surface area contributed by atoms with Gasteiger partial charge in [0.05, 0.1) is 0 Å². The number of piperazine rings is 1. The molecule has 0 saturated carbocycles. The molecule has 1 fully saturated rings. The SMILES string of the molecule is CCC1CN(Cc2cc(C)cc(C)c2)C(CC)(CC)CN1. The van der Waals surface area contributed by atoms with Crippen LogP contribution in [-0.4, -0.2) is 29.6 Å². The molecule has 0 spiro atoms. The minimum atomic E-state index is 0.323. The summed E-state index contributed by atoms with van der Waals surface area (Å²) < 4.78 is 0. The highest BCUT2D eigenvalue weighted by atomic mass is 15.3. The number of nitrogens with one attached hydrogen (secondary N) is 1. The topological polar surface area (TPSA) is 15.3 Å². The van der Waals surface area contributed by atoms with Crippen molar-refractivity contribution in [3.05, 3.63) is 34.9 Å². The van der Waals surface area contributed by atoms with Crippen LogP contribution in [0.15, 0.2) is 18.2 Å². The first-order chi connectivity index (χ1) is 10.0. The van der Waals surface area contributed by atoms with Crippen molar-refractivity contribution in [2.75, 3.05) is 13.1 Å². The molecule has 2 heteroatoms. The minimum absolute atomic E-state index is 0.323. The Hall–Kier alpha value is -0.860. The molecule has 1 N–H and O–H groups in total. The van der Waals surface area contributed by atoms with E-state index in [-0.39, 0.29) is 0 Å². The summed E-state index contributed by atoms with van der Waals surface area (Å²) in [5.74, 6) is 0. The van der Waals surface area contributed by atoms with Crippen molar-refractivity contribution in [1.82, 2.24) is 10.2 Å². The standard InChI is InChI=1S/C19H32N2/c1-6-18-13-21(19(7-2,8-3)14-20-18)12-17-10-15(4)9-16(5)11-17/h9-11,18,20H,6-8,12-14H2,1-5H3. The van der Waals surface area contributed by atoms with Gasteiger partial charge in [-0.15, -0.1) is 0 Å². The first-order valence-electron chi connectivity index (χ1n) is 8.58. The van der Waals surface area contributed by atoms with Gasteiger partial charge in [0, 0.05) is 31.2 Å². The Balaban J connectivity index is 2.23. The largest absolute Gasteiger partial charge is 0.311 e. The van der Waals surface area contributed by atoms with Gasteiger partial charge in [-0.1, -0.05) is 50.1 Å². The normalized spacial score (nSPS) is 22.4. The van der Waals surface area contributed by atoms with E-state index < -0.39 is 0 Å². The number of rotatable bonds is 5. The Morgan fingerprint density at radius 2 is 1.71 bits per heavy atom. The van der Waals surface area contributed by atoms with Crippen molar-refractivity contribution >= 4 is 0 Å². The molecule has 1 aromatic rings. The van der Waals surface area contributed by atoms with Gasteiger partial charge >= 0.3 is 0 Å². The molecule has 0 amide bonds. The molecule has 1 atom stereocenters. The molecule has 1 aliphatic heterocycles. The van der Waals surface area contributed by atoms with Crippen molar-refractivity contribution < 1.29 is 0 Å². The Labute approximate surface area is 130 Å². The van der Waals surface area contributed by atoms with Crippen molar-refractivity contribution in [2.45, 2.75) is 72.0 Å². The summed E-state index contributed by atoms with van der Waals surface area (Å²) >= 11 is 0. The van der Waals surface area contributed by atoms with Crippen LogP contribution in [0.3, 0.4) is 0 Å². The second-order valence-corrected chi connectivity index (χ2v) is 6.79. The van der Waals surface area contributed by atoms with E-state index in [0.29, 0.717) is 11.6 Å². The van der Waals surface area contributed by atoms with Crippen LogP contribution in [0, 0.1) is 13.8 Å². The van der Waals surface area contributed by atoms with Crippen molar-refractivity contribution in [3.63, 3.8) is 0 Å². The molecular weight excluding hydrogens is 256 g/mol. The smallest absolute Gasteiger partial charge is 0.0333 e. The molecule has 1 heterocycles. The quantitative estimate of drug-likeness (QED) is 0.879. The molecule has 21 heavy (non-hydrogen) atoms. The number of hydrogen-bond acceptors (Lipinski definition) is 2. The second kappa shape index (κ2) is 6.93. The molecule has 0 radical (unpaired) electrons. The van der Waals surface area contributed by atoms with Crippen LogP contribution in [0.25, 0.3) is 0 Å². The van der Waals surface area contributed by atoms with E-state index in [2.05, 4.69) is 63.0 Å². The summed E-state index contributed by atoms with van der Waals surface area (Å²) in [4.78, 5) is 2.74. The van der Waals surface area contributed by atoms with Crippen LogP contribution >= 0.6 is 0 Å². The summed E-state index contributed by atoms with van der Waals surface area (Å²) in [6, 6.07) is 7.61. The van der Waals surface area contributed by atoms with Crippen molar-refractivity contribution in [1.29, 1.82) is 0 Å². The van der Waals surface area contributed by atoms with Gasteiger partial charge in [0.15, 0.2) is 0 Å². The monoisotopic (exact) mass is 288 g/mol. The maximum Gasteiger partial charge on any atom is 0.0333 e. The van der Waals surface area contributed by atoms with Crippen LogP contribution in [0.5, 0.6) is 0 Å². The van der Waals surface area contributed by atoms with Gasteiger partial charge < -0.3 is 5.32 Å². The van der Waals surface area contributed by atoms with Gasteiger partial charge in [0.25, 0.3) is 0 Å². The molecule has 1 saturated heterocycles. The number of nitrogens with zero attached hydrogens (tertiary/aromatic N) is 1. The van der Waals surface area contributed by atoms with Gasteiger partial charge in [0.1, 0.15) is 0 Å². The van der Waals surface area contributed by atoms with E-state index >= 15 is 0 Å². The van der Waals surface area contributed by atoms with Gasteiger partial charge in [-0.05, 0) is 38.7 Å². The predicted molar refractivity (Wildman–Crippen MR) is 91.7 cm³/mol. The molecule has 1 aromatic carbocycles. The zero-order valence-electron chi connectivity index (χ0n) is 14.5. The highest BCUT2D eigenvalue weighted by Crippen LogP contribution is 2.29. The van der Waals surface area contributed by atoms with E-state index in [0.717, 1.165) is 13.1 Å². The average Bonchev–Trinajstić information content (AvgIpc) is 2.46. The Kier molecular flexibility index (Phi) is 5.45. The maximum absolute atomic E-state index is 3.76. The number of benzene rings is 1. The van der Waals surface area contributed by atoms with E-state index in [1.165, 1.54) is 42.5 Å². The van der Waals surface area contributed by atoms with E-state index in [1.807, 2.05) is 0 Å². The highest BCUT2D eigenvalue weighted by molar-refractivity contribution is 5.28. The third-order valence-electron chi connectivity index (χ3n) is 5.30. The van der Waals surface area contributed by atoms with Gasteiger partial charge in [-0.3, -0.25) is 4.90 Å². The van der Waals surface area contributed by atoms with Crippen molar-refractivity contribution in [2.24, 2.45) is 0 Å².